The van der Waals surface area contributed by atoms with Gasteiger partial charge < -0.3 is 15.5 Å². The van der Waals surface area contributed by atoms with Crippen LogP contribution in [-0.4, -0.2) is 23.9 Å². The van der Waals surface area contributed by atoms with E-state index in [2.05, 4.69) is 15.8 Å². The van der Waals surface area contributed by atoms with Gasteiger partial charge in [0.15, 0.2) is 5.60 Å². The van der Waals surface area contributed by atoms with Gasteiger partial charge in [0.1, 0.15) is 5.82 Å². The Balaban J connectivity index is 1.82. The zero-order valence-corrected chi connectivity index (χ0v) is 10.9. The average Bonchev–Trinajstić information content (AvgIpc) is 2.68. The van der Waals surface area contributed by atoms with Gasteiger partial charge in [0.25, 0.3) is 0 Å². The molecule has 0 saturated heterocycles. The first-order valence-electron chi connectivity index (χ1n) is 5.99. The van der Waals surface area contributed by atoms with Crippen LogP contribution in [0.5, 0.6) is 0 Å². The molecule has 0 aliphatic carbocycles. The highest BCUT2D eigenvalue weighted by Gasteiger charge is 2.32. The van der Waals surface area contributed by atoms with Gasteiger partial charge in [0, 0.05) is 12.1 Å². The molecule has 0 spiro atoms. The summed E-state index contributed by atoms with van der Waals surface area (Å²) in [5.74, 6) is -0.395. The van der Waals surface area contributed by atoms with Crippen molar-refractivity contribution in [3.63, 3.8) is 0 Å². The van der Waals surface area contributed by atoms with Crippen LogP contribution < -0.4 is 10.6 Å². The van der Waals surface area contributed by atoms with Crippen molar-refractivity contribution < 1.29 is 14.0 Å². The molecule has 0 radical (unpaired) electrons. The van der Waals surface area contributed by atoms with Crippen molar-refractivity contribution in [1.29, 1.82) is 0 Å². The molecule has 0 saturated carbocycles. The monoisotopic (exact) mass is 265 g/mol. The number of urea groups is 1. The summed E-state index contributed by atoms with van der Waals surface area (Å²) in [4.78, 5) is 16.9. The van der Waals surface area contributed by atoms with Gasteiger partial charge in [0.05, 0.1) is 12.3 Å². The number of amides is 2. The molecule has 1 unspecified atom stereocenters. The van der Waals surface area contributed by atoms with Gasteiger partial charge in [0.2, 0.25) is 0 Å². The van der Waals surface area contributed by atoms with Crippen molar-refractivity contribution >= 4 is 17.4 Å². The van der Waals surface area contributed by atoms with Crippen LogP contribution in [0.1, 0.15) is 20.3 Å². The molecular formula is C13H16FN3O2. The molecular weight excluding hydrogens is 249 g/mol. The number of benzene rings is 1. The normalized spacial score (nSPS) is 21.5. The van der Waals surface area contributed by atoms with Crippen LogP contribution in [0.3, 0.4) is 0 Å². The number of anilines is 1. The SMILES string of the molecule is CC1=NOC(C)(CNC(=O)Nc2cccc(F)c2)C1. The predicted octanol–water partition coefficient (Wildman–Crippen LogP) is 2.50. The first-order chi connectivity index (χ1) is 8.97. The Hall–Kier alpha value is -2.11. The largest absolute Gasteiger partial charge is 0.387 e. The van der Waals surface area contributed by atoms with E-state index < -0.39 is 17.4 Å². The Morgan fingerprint density at radius 1 is 1.58 bits per heavy atom. The van der Waals surface area contributed by atoms with Crippen LogP contribution >= 0.6 is 0 Å². The minimum absolute atomic E-state index is 0.328. The number of halogens is 1. The smallest absolute Gasteiger partial charge is 0.319 e. The minimum Gasteiger partial charge on any atom is -0.387 e. The van der Waals surface area contributed by atoms with Gasteiger partial charge >= 0.3 is 6.03 Å². The lowest BCUT2D eigenvalue weighted by Gasteiger charge is -2.21. The lowest BCUT2D eigenvalue weighted by atomic mass is 10.0. The highest BCUT2D eigenvalue weighted by Crippen LogP contribution is 2.22. The fourth-order valence-corrected chi connectivity index (χ4v) is 1.90. The van der Waals surface area contributed by atoms with Crippen molar-refractivity contribution in [3.05, 3.63) is 30.1 Å². The Labute approximate surface area is 110 Å². The number of carbonyl (C=O) groups excluding carboxylic acids is 1. The maximum absolute atomic E-state index is 12.9. The molecule has 1 atom stereocenters. The molecule has 1 aliphatic heterocycles. The Bertz CT molecular complexity index is 518. The molecule has 1 heterocycles. The van der Waals surface area contributed by atoms with E-state index >= 15 is 0 Å². The second-order valence-corrected chi connectivity index (χ2v) is 4.86. The number of carbonyl (C=O) groups is 1. The molecule has 2 amide bonds. The molecule has 102 valence electrons. The van der Waals surface area contributed by atoms with Crippen LogP contribution in [0, 0.1) is 5.82 Å². The summed E-state index contributed by atoms with van der Waals surface area (Å²) in [6.07, 6.45) is 0.674. The summed E-state index contributed by atoms with van der Waals surface area (Å²) < 4.78 is 12.9. The van der Waals surface area contributed by atoms with E-state index in [-0.39, 0.29) is 0 Å². The van der Waals surface area contributed by atoms with Gasteiger partial charge in [-0.05, 0) is 32.0 Å². The van der Waals surface area contributed by atoms with Crippen LogP contribution in [0.4, 0.5) is 14.9 Å². The summed E-state index contributed by atoms with van der Waals surface area (Å²) >= 11 is 0. The van der Waals surface area contributed by atoms with Gasteiger partial charge in [-0.25, -0.2) is 9.18 Å². The lowest BCUT2D eigenvalue weighted by molar-refractivity contribution is -0.0000963. The molecule has 0 aromatic heterocycles. The van der Waals surface area contributed by atoms with E-state index in [1.54, 1.807) is 6.07 Å². The third kappa shape index (κ3) is 3.67. The summed E-state index contributed by atoms with van der Waals surface area (Å²) in [5, 5.41) is 9.09. The highest BCUT2D eigenvalue weighted by molar-refractivity contribution is 5.89. The first-order valence-corrected chi connectivity index (χ1v) is 5.99. The molecule has 19 heavy (non-hydrogen) atoms. The maximum Gasteiger partial charge on any atom is 0.319 e. The Morgan fingerprint density at radius 2 is 2.37 bits per heavy atom. The molecule has 1 aromatic carbocycles. The van der Waals surface area contributed by atoms with E-state index in [4.69, 9.17) is 4.84 Å². The highest BCUT2D eigenvalue weighted by atomic mass is 19.1. The fourth-order valence-electron chi connectivity index (χ4n) is 1.90. The fraction of sp³-hybridized carbons (Fsp3) is 0.385. The maximum atomic E-state index is 12.9. The molecule has 0 bridgehead atoms. The molecule has 1 aliphatic rings. The second kappa shape index (κ2) is 5.26. The van der Waals surface area contributed by atoms with E-state index in [9.17, 15) is 9.18 Å². The number of rotatable bonds is 3. The Kier molecular flexibility index (Phi) is 3.69. The van der Waals surface area contributed by atoms with Crippen molar-refractivity contribution in [2.45, 2.75) is 25.9 Å². The molecule has 2 rings (SSSR count). The first kappa shape index (κ1) is 13.3. The van der Waals surface area contributed by atoms with Crippen LogP contribution in [0.25, 0.3) is 0 Å². The second-order valence-electron chi connectivity index (χ2n) is 4.86. The predicted molar refractivity (Wildman–Crippen MR) is 70.6 cm³/mol. The molecule has 0 fully saturated rings. The van der Waals surface area contributed by atoms with Gasteiger partial charge in [-0.2, -0.15) is 0 Å². The zero-order valence-electron chi connectivity index (χ0n) is 10.9. The van der Waals surface area contributed by atoms with Crippen LogP contribution in [-0.2, 0) is 4.84 Å². The van der Waals surface area contributed by atoms with E-state index in [1.807, 2.05) is 13.8 Å². The number of hydrogen-bond donors (Lipinski definition) is 2. The molecule has 5 nitrogen and oxygen atoms in total. The number of hydrogen-bond acceptors (Lipinski definition) is 3. The van der Waals surface area contributed by atoms with Crippen LogP contribution in [0.15, 0.2) is 29.4 Å². The number of nitrogens with zero attached hydrogens (tertiary/aromatic N) is 1. The third-order valence-corrected chi connectivity index (χ3v) is 2.76. The van der Waals surface area contributed by atoms with Gasteiger partial charge in [-0.1, -0.05) is 11.2 Å². The standard InChI is InChI=1S/C13H16FN3O2/c1-9-7-13(2,19-17-9)8-15-12(18)16-11-5-3-4-10(14)6-11/h3-6H,7-8H2,1-2H3,(H2,15,16,18). The number of nitrogens with one attached hydrogen (secondary N) is 2. The van der Waals surface area contributed by atoms with Crippen molar-refractivity contribution in [1.82, 2.24) is 5.32 Å². The summed E-state index contributed by atoms with van der Waals surface area (Å²) in [5.41, 5.74) is 0.792. The van der Waals surface area contributed by atoms with E-state index in [0.717, 1.165) is 5.71 Å². The van der Waals surface area contributed by atoms with Gasteiger partial charge in [-0.3, -0.25) is 0 Å². The minimum atomic E-state index is -0.511. The Morgan fingerprint density at radius 3 is 3.00 bits per heavy atom. The van der Waals surface area contributed by atoms with Crippen molar-refractivity contribution in [2.75, 3.05) is 11.9 Å². The van der Waals surface area contributed by atoms with Crippen LogP contribution in [0.2, 0.25) is 0 Å². The average molecular weight is 265 g/mol. The molecule has 1 aromatic rings. The summed E-state index contributed by atoms with van der Waals surface area (Å²) in [6, 6.07) is 5.31. The summed E-state index contributed by atoms with van der Waals surface area (Å²) in [7, 11) is 0. The quantitative estimate of drug-likeness (QED) is 0.882. The number of oxime groups is 1. The summed E-state index contributed by atoms with van der Waals surface area (Å²) in [6.45, 7) is 4.07. The van der Waals surface area contributed by atoms with E-state index in [0.29, 0.717) is 18.7 Å². The van der Waals surface area contributed by atoms with E-state index in [1.165, 1.54) is 18.2 Å². The molecule has 2 N–H and O–H groups in total. The van der Waals surface area contributed by atoms with Gasteiger partial charge in [-0.15, -0.1) is 0 Å². The zero-order chi connectivity index (χ0) is 13.9. The third-order valence-electron chi connectivity index (χ3n) is 2.76. The van der Waals surface area contributed by atoms with Crippen molar-refractivity contribution in [3.8, 4) is 0 Å². The molecule has 6 heteroatoms. The van der Waals surface area contributed by atoms with Crippen molar-refractivity contribution in [2.24, 2.45) is 5.16 Å². The topological polar surface area (TPSA) is 62.7 Å². The lowest BCUT2D eigenvalue weighted by Crippen LogP contribution is -2.42.